The van der Waals surface area contributed by atoms with Crippen LogP contribution in [-0.2, 0) is 0 Å². The fourth-order valence-electron chi connectivity index (χ4n) is 2.34. The summed E-state index contributed by atoms with van der Waals surface area (Å²) in [6, 6.07) is 0. The van der Waals surface area contributed by atoms with Gasteiger partial charge in [0.1, 0.15) is 0 Å². The third-order valence-corrected chi connectivity index (χ3v) is 3.51. The first kappa shape index (κ1) is 13.5. The van der Waals surface area contributed by atoms with Gasteiger partial charge in [0.15, 0.2) is 0 Å². The third kappa shape index (κ3) is 2.50. The fraction of sp³-hybridized carbons (Fsp3) is 1.00. The molecule has 1 saturated heterocycles. The van der Waals surface area contributed by atoms with Gasteiger partial charge in [-0.2, -0.15) is 0 Å². The minimum atomic E-state index is 0. The van der Waals surface area contributed by atoms with Crippen LogP contribution in [0.4, 0.5) is 0 Å². The molecule has 1 atom stereocenters. The maximum absolute atomic E-state index is 5.68. The zero-order chi connectivity index (χ0) is 7.90. The normalized spacial score (nSPS) is 30.5. The molecule has 0 aromatic heterocycles. The van der Waals surface area contributed by atoms with E-state index in [0.717, 1.165) is 12.5 Å². The van der Waals surface area contributed by atoms with E-state index < -0.39 is 0 Å². The predicted molar refractivity (Wildman–Crippen MR) is 60.9 cm³/mol. The molecule has 0 radical (unpaired) electrons. The van der Waals surface area contributed by atoms with Crippen LogP contribution in [0.15, 0.2) is 0 Å². The van der Waals surface area contributed by atoms with E-state index >= 15 is 0 Å². The standard InChI is InChI=1S/C9H18N2.2ClH/c1-11-5-2-8(7-10)6-9(11)3-4-9;;/h8H,2-7,10H2,1H3;2*1H. The van der Waals surface area contributed by atoms with Crippen LogP contribution >= 0.6 is 24.8 Å². The highest BCUT2D eigenvalue weighted by molar-refractivity contribution is 5.85. The first-order valence-corrected chi connectivity index (χ1v) is 4.68. The lowest BCUT2D eigenvalue weighted by Gasteiger charge is -2.37. The second kappa shape index (κ2) is 4.83. The van der Waals surface area contributed by atoms with Gasteiger partial charge in [0.2, 0.25) is 0 Å². The molecule has 4 heteroatoms. The number of rotatable bonds is 1. The summed E-state index contributed by atoms with van der Waals surface area (Å²) in [5.74, 6) is 0.814. The molecule has 0 aromatic rings. The molecule has 1 spiro atoms. The number of halogens is 2. The van der Waals surface area contributed by atoms with Crippen LogP contribution in [0.1, 0.15) is 25.7 Å². The smallest absolute Gasteiger partial charge is 0.0211 e. The van der Waals surface area contributed by atoms with Crippen LogP contribution in [0, 0.1) is 5.92 Å². The molecule has 0 aromatic carbocycles. The van der Waals surface area contributed by atoms with Gasteiger partial charge in [0, 0.05) is 5.54 Å². The van der Waals surface area contributed by atoms with Gasteiger partial charge in [0.05, 0.1) is 0 Å². The highest BCUT2D eigenvalue weighted by Crippen LogP contribution is 2.48. The lowest BCUT2D eigenvalue weighted by molar-refractivity contribution is 0.126. The number of piperidine rings is 1. The molecular formula is C9H20Cl2N2. The van der Waals surface area contributed by atoms with Crippen LogP contribution in [0.3, 0.4) is 0 Å². The van der Waals surface area contributed by atoms with Crippen molar-refractivity contribution in [2.45, 2.75) is 31.2 Å². The SMILES string of the molecule is CN1CCC(CN)CC12CC2.Cl.Cl. The molecule has 2 aliphatic rings. The zero-order valence-corrected chi connectivity index (χ0v) is 9.79. The molecule has 1 saturated carbocycles. The number of likely N-dealkylation sites (tertiary alicyclic amines) is 1. The molecule has 0 amide bonds. The maximum Gasteiger partial charge on any atom is 0.0211 e. The van der Waals surface area contributed by atoms with Crippen LogP contribution in [0.5, 0.6) is 0 Å². The summed E-state index contributed by atoms with van der Waals surface area (Å²) in [4.78, 5) is 2.54. The van der Waals surface area contributed by atoms with E-state index in [1.165, 1.54) is 32.2 Å². The molecule has 0 bridgehead atoms. The highest BCUT2D eigenvalue weighted by atomic mass is 35.5. The third-order valence-electron chi connectivity index (χ3n) is 3.51. The molecular weight excluding hydrogens is 207 g/mol. The van der Waals surface area contributed by atoms with Crippen LogP contribution in [0.2, 0.25) is 0 Å². The summed E-state index contributed by atoms with van der Waals surface area (Å²) in [6.45, 7) is 2.16. The first-order chi connectivity index (χ1) is 5.27. The Hall–Kier alpha value is 0.500. The van der Waals surface area contributed by atoms with Gasteiger partial charge < -0.3 is 10.6 Å². The van der Waals surface area contributed by atoms with E-state index in [1.807, 2.05) is 0 Å². The van der Waals surface area contributed by atoms with Gasteiger partial charge in [-0.3, -0.25) is 0 Å². The van der Waals surface area contributed by atoms with Crippen molar-refractivity contribution >= 4 is 24.8 Å². The highest BCUT2D eigenvalue weighted by Gasteiger charge is 2.49. The first-order valence-electron chi connectivity index (χ1n) is 4.68. The quantitative estimate of drug-likeness (QED) is 0.738. The molecule has 2 nitrogen and oxygen atoms in total. The summed E-state index contributed by atoms with van der Waals surface area (Å²) < 4.78 is 0. The molecule has 13 heavy (non-hydrogen) atoms. The van der Waals surface area contributed by atoms with Crippen molar-refractivity contribution in [2.75, 3.05) is 20.1 Å². The summed E-state index contributed by atoms with van der Waals surface area (Å²) in [7, 11) is 2.26. The molecule has 1 heterocycles. The molecule has 2 fully saturated rings. The molecule has 1 aliphatic carbocycles. The van der Waals surface area contributed by atoms with E-state index in [-0.39, 0.29) is 24.8 Å². The Bertz CT molecular complexity index is 160. The van der Waals surface area contributed by atoms with Crippen molar-refractivity contribution in [1.82, 2.24) is 4.90 Å². The van der Waals surface area contributed by atoms with Crippen molar-refractivity contribution in [3.05, 3.63) is 0 Å². The van der Waals surface area contributed by atoms with Crippen LogP contribution < -0.4 is 5.73 Å². The molecule has 1 unspecified atom stereocenters. The predicted octanol–water partition coefficient (Wildman–Crippen LogP) is 1.66. The van der Waals surface area contributed by atoms with Crippen molar-refractivity contribution in [1.29, 1.82) is 0 Å². The van der Waals surface area contributed by atoms with Gasteiger partial charge in [-0.15, -0.1) is 24.8 Å². The Kier molecular flexibility index (Phi) is 5.02. The molecule has 80 valence electrons. The second-order valence-electron chi connectivity index (χ2n) is 4.24. The molecule has 1 aliphatic heterocycles. The van der Waals surface area contributed by atoms with E-state index in [9.17, 15) is 0 Å². The monoisotopic (exact) mass is 226 g/mol. The lowest BCUT2D eigenvalue weighted by Crippen LogP contribution is -2.43. The summed E-state index contributed by atoms with van der Waals surface area (Å²) in [5, 5.41) is 0. The number of hydrogen-bond donors (Lipinski definition) is 1. The molecule has 2 rings (SSSR count). The lowest BCUT2D eigenvalue weighted by atomic mass is 9.89. The average molecular weight is 227 g/mol. The van der Waals surface area contributed by atoms with Crippen molar-refractivity contribution in [2.24, 2.45) is 11.7 Å². The van der Waals surface area contributed by atoms with E-state index in [0.29, 0.717) is 5.54 Å². The summed E-state index contributed by atoms with van der Waals surface area (Å²) in [6.07, 6.45) is 5.51. The summed E-state index contributed by atoms with van der Waals surface area (Å²) >= 11 is 0. The van der Waals surface area contributed by atoms with E-state index in [1.54, 1.807) is 0 Å². The Morgan fingerprint density at radius 3 is 2.46 bits per heavy atom. The van der Waals surface area contributed by atoms with Crippen molar-refractivity contribution < 1.29 is 0 Å². The average Bonchev–Trinajstić information content (AvgIpc) is 2.77. The van der Waals surface area contributed by atoms with Gasteiger partial charge >= 0.3 is 0 Å². The van der Waals surface area contributed by atoms with Gasteiger partial charge in [-0.25, -0.2) is 0 Å². The largest absolute Gasteiger partial charge is 0.330 e. The van der Waals surface area contributed by atoms with Crippen molar-refractivity contribution in [3.8, 4) is 0 Å². The number of nitrogens with two attached hydrogens (primary N) is 1. The molecule has 2 N–H and O–H groups in total. The fourth-order valence-corrected chi connectivity index (χ4v) is 2.34. The maximum atomic E-state index is 5.68. The second-order valence-corrected chi connectivity index (χ2v) is 4.24. The Labute approximate surface area is 93.1 Å². The topological polar surface area (TPSA) is 29.3 Å². The van der Waals surface area contributed by atoms with Gasteiger partial charge in [-0.05, 0) is 51.7 Å². The minimum absolute atomic E-state index is 0. The summed E-state index contributed by atoms with van der Waals surface area (Å²) in [5.41, 5.74) is 6.29. The Balaban J connectivity index is 0.000000720. The number of nitrogens with zero attached hydrogens (tertiary/aromatic N) is 1. The van der Waals surface area contributed by atoms with Crippen LogP contribution in [-0.4, -0.2) is 30.6 Å². The van der Waals surface area contributed by atoms with E-state index in [2.05, 4.69) is 11.9 Å². The van der Waals surface area contributed by atoms with E-state index in [4.69, 9.17) is 5.73 Å². The Morgan fingerprint density at radius 1 is 1.38 bits per heavy atom. The van der Waals surface area contributed by atoms with Gasteiger partial charge in [-0.1, -0.05) is 0 Å². The number of hydrogen-bond acceptors (Lipinski definition) is 2. The van der Waals surface area contributed by atoms with Crippen LogP contribution in [0.25, 0.3) is 0 Å². The minimum Gasteiger partial charge on any atom is -0.330 e. The zero-order valence-electron chi connectivity index (χ0n) is 8.16. The van der Waals surface area contributed by atoms with Crippen molar-refractivity contribution in [3.63, 3.8) is 0 Å². The van der Waals surface area contributed by atoms with Gasteiger partial charge in [0.25, 0.3) is 0 Å². The Morgan fingerprint density at radius 2 is 2.00 bits per heavy atom.